The van der Waals surface area contributed by atoms with Crippen molar-refractivity contribution in [3.63, 3.8) is 0 Å². The fourth-order valence-corrected chi connectivity index (χ4v) is 10.1. The van der Waals surface area contributed by atoms with Gasteiger partial charge in [-0.1, -0.05) is 54.6 Å². The second-order valence-corrected chi connectivity index (χ2v) is 16.3. The van der Waals surface area contributed by atoms with Crippen molar-refractivity contribution in [3.05, 3.63) is 201 Å². The smallest absolute Gasteiger partial charge is 0.135 e. The van der Waals surface area contributed by atoms with E-state index in [0.29, 0.717) is 0 Å². The van der Waals surface area contributed by atoms with Crippen LogP contribution in [0.1, 0.15) is 0 Å². The number of fused-ring (bicyclic) bond motifs is 12. The van der Waals surface area contributed by atoms with Crippen molar-refractivity contribution in [2.75, 3.05) is 0 Å². The lowest BCUT2D eigenvalue weighted by Crippen LogP contribution is -1.96. The highest BCUT2D eigenvalue weighted by Crippen LogP contribution is 2.41. The Morgan fingerprint density at radius 1 is 0.312 bits per heavy atom. The summed E-state index contributed by atoms with van der Waals surface area (Å²) < 4.78 is 13.4. The minimum absolute atomic E-state index is 0.837. The van der Waals surface area contributed by atoms with E-state index in [9.17, 15) is 0 Å². The van der Waals surface area contributed by atoms with Crippen molar-refractivity contribution in [2.45, 2.75) is 0 Å². The van der Waals surface area contributed by atoms with E-state index in [1.165, 1.54) is 0 Å². The van der Waals surface area contributed by atoms with Gasteiger partial charge in [0.2, 0.25) is 0 Å². The number of para-hydroxylation sites is 1. The molecule has 14 rings (SSSR count). The maximum atomic E-state index is 6.48. The molecule has 0 saturated heterocycles. The standard InChI is InChI=1S/C56H33N7O/c1-2-11-39(45-13-5-6-26-57-45)38(10-1)34-18-22-47-43(30-34)55-50(16-8-28-59-55)62(47)35-19-23-48-44(33-35)56-51(17-9-29-60-56)63(48)37-21-25-53-42(32-37)41-31-36(20-24-52(41)64-53)61-46-14-4-3-12-40(46)54-49(61)15-7-27-58-54/h1-33H. The number of benzene rings is 6. The topological polar surface area (TPSA) is 79.5 Å². The molecule has 0 bridgehead atoms. The normalized spacial score (nSPS) is 12.1. The van der Waals surface area contributed by atoms with Crippen molar-refractivity contribution >= 4 is 87.7 Å². The van der Waals surface area contributed by atoms with E-state index in [1.807, 2.05) is 55.1 Å². The molecule has 0 fully saturated rings. The second kappa shape index (κ2) is 13.3. The first-order chi connectivity index (χ1) is 31.7. The average molecular weight is 820 g/mol. The third-order valence-corrected chi connectivity index (χ3v) is 12.8. The van der Waals surface area contributed by atoms with E-state index in [2.05, 4.69) is 164 Å². The molecule has 8 heterocycles. The first kappa shape index (κ1) is 34.8. The molecule has 64 heavy (non-hydrogen) atoms. The molecular formula is C56H33N7O. The molecule has 298 valence electrons. The maximum Gasteiger partial charge on any atom is 0.135 e. The quantitative estimate of drug-likeness (QED) is 0.173. The maximum absolute atomic E-state index is 6.48. The van der Waals surface area contributed by atoms with E-state index < -0.39 is 0 Å². The lowest BCUT2D eigenvalue weighted by atomic mass is 9.96. The van der Waals surface area contributed by atoms with E-state index in [0.717, 1.165) is 127 Å². The molecule has 0 amide bonds. The summed E-state index contributed by atoms with van der Waals surface area (Å²) in [6, 6.07) is 61.8. The zero-order chi connectivity index (χ0) is 41.9. The molecule has 0 unspecified atom stereocenters. The lowest BCUT2D eigenvalue weighted by molar-refractivity contribution is 0.669. The van der Waals surface area contributed by atoms with Gasteiger partial charge in [0.05, 0.1) is 55.3 Å². The highest BCUT2D eigenvalue weighted by atomic mass is 16.3. The highest BCUT2D eigenvalue weighted by Gasteiger charge is 2.21. The fourth-order valence-electron chi connectivity index (χ4n) is 10.1. The Balaban J connectivity index is 0.927. The molecule has 8 aromatic heterocycles. The molecule has 8 heteroatoms. The Morgan fingerprint density at radius 2 is 0.781 bits per heavy atom. The van der Waals surface area contributed by atoms with E-state index in [1.54, 1.807) is 0 Å². The second-order valence-electron chi connectivity index (χ2n) is 16.3. The largest absolute Gasteiger partial charge is 0.456 e. The van der Waals surface area contributed by atoms with Crippen LogP contribution in [-0.2, 0) is 0 Å². The Morgan fingerprint density at radius 3 is 1.41 bits per heavy atom. The molecule has 0 aliphatic carbocycles. The van der Waals surface area contributed by atoms with Crippen LogP contribution in [0.4, 0.5) is 0 Å². The van der Waals surface area contributed by atoms with Crippen LogP contribution in [0.15, 0.2) is 205 Å². The summed E-state index contributed by atoms with van der Waals surface area (Å²) in [4.78, 5) is 19.4. The van der Waals surface area contributed by atoms with Crippen LogP contribution in [0.2, 0.25) is 0 Å². The monoisotopic (exact) mass is 819 g/mol. The van der Waals surface area contributed by atoms with Gasteiger partial charge in [-0.05, 0) is 132 Å². The molecule has 8 nitrogen and oxygen atoms in total. The van der Waals surface area contributed by atoms with Gasteiger partial charge < -0.3 is 18.1 Å². The van der Waals surface area contributed by atoms with Gasteiger partial charge in [0.25, 0.3) is 0 Å². The Labute approximate surface area is 364 Å². The number of pyridine rings is 4. The number of hydrogen-bond acceptors (Lipinski definition) is 5. The molecule has 0 radical (unpaired) electrons. The summed E-state index contributed by atoms with van der Waals surface area (Å²) in [7, 11) is 0. The fraction of sp³-hybridized carbons (Fsp3) is 0. The van der Waals surface area contributed by atoms with Crippen molar-refractivity contribution < 1.29 is 4.42 Å². The van der Waals surface area contributed by atoms with Crippen molar-refractivity contribution in [1.82, 2.24) is 33.6 Å². The average Bonchev–Trinajstić information content (AvgIpc) is 4.10. The third kappa shape index (κ3) is 4.99. The van der Waals surface area contributed by atoms with Crippen molar-refractivity contribution in [2.24, 2.45) is 0 Å². The molecule has 6 aromatic carbocycles. The van der Waals surface area contributed by atoms with Crippen LogP contribution >= 0.6 is 0 Å². The number of furan rings is 1. The molecule has 14 aromatic rings. The summed E-state index contributed by atoms with van der Waals surface area (Å²) >= 11 is 0. The van der Waals surface area contributed by atoms with Crippen LogP contribution in [-0.4, -0.2) is 33.6 Å². The molecule has 0 spiro atoms. The number of rotatable bonds is 5. The summed E-state index contributed by atoms with van der Waals surface area (Å²) in [5, 5.41) is 5.37. The van der Waals surface area contributed by atoms with Gasteiger partial charge >= 0.3 is 0 Å². The van der Waals surface area contributed by atoms with Crippen LogP contribution in [0.5, 0.6) is 0 Å². The first-order valence-corrected chi connectivity index (χ1v) is 21.4. The SMILES string of the molecule is c1ccc(-c2ccccc2-c2ccc3c(c2)c2ncccc2n3-c2ccc3c(c2)c2ncccc2n3-c2ccc3oc4ccc(-n5c6ccccc6c6ncccc65)cc4c3c2)nc1. The molecule has 0 N–H and O–H groups in total. The summed E-state index contributed by atoms with van der Waals surface area (Å²) in [5.74, 6) is 0. The van der Waals surface area contributed by atoms with Crippen LogP contribution < -0.4 is 0 Å². The first-order valence-electron chi connectivity index (χ1n) is 21.4. The molecule has 0 aliphatic heterocycles. The van der Waals surface area contributed by atoms with E-state index in [4.69, 9.17) is 19.4 Å². The Bertz CT molecular complexity index is 4160. The van der Waals surface area contributed by atoms with Crippen LogP contribution in [0.3, 0.4) is 0 Å². The van der Waals surface area contributed by atoms with Gasteiger partial charge in [0.1, 0.15) is 11.2 Å². The zero-order valence-electron chi connectivity index (χ0n) is 34.1. The van der Waals surface area contributed by atoms with Gasteiger partial charge in [-0.25, -0.2) is 0 Å². The van der Waals surface area contributed by atoms with Gasteiger partial charge in [-0.15, -0.1) is 0 Å². The minimum Gasteiger partial charge on any atom is -0.456 e. The van der Waals surface area contributed by atoms with Crippen molar-refractivity contribution in [3.8, 4) is 39.4 Å². The van der Waals surface area contributed by atoms with Gasteiger partial charge in [0.15, 0.2) is 0 Å². The highest BCUT2D eigenvalue weighted by molar-refractivity contribution is 6.13. The summed E-state index contributed by atoms with van der Waals surface area (Å²) in [5.41, 5.74) is 18.4. The van der Waals surface area contributed by atoms with Gasteiger partial charge in [-0.3, -0.25) is 19.9 Å². The predicted octanol–water partition coefficient (Wildman–Crippen LogP) is 13.8. The van der Waals surface area contributed by atoms with Crippen molar-refractivity contribution in [1.29, 1.82) is 0 Å². The summed E-state index contributed by atoms with van der Waals surface area (Å²) in [6.07, 6.45) is 7.47. The minimum atomic E-state index is 0.837. The molecular weight excluding hydrogens is 787 g/mol. The van der Waals surface area contributed by atoms with E-state index >= 15 is 0 Å². The molecule has 0 atom stereocenters. The summed E-state index contributed by atoms with van der Waals surface area (Å²) in [6.45, 7) is 0. The number of hydrogen-bond donors (Lipinski definition) is 0. The molecule has 0 saturated carbocycles. The Hall–Kier alpha value is -8.88. The van der Waals surface area contributed by atoms with Gasteiger partial charge in [0, 0.05) is 74.3 Å². The van der Waals surface area contributed by atoms with E-state index in [-0.39, 0.29) is 0 Å². The lowest BCUT2D eigenvalue weighted by Gasteiger charge is -2.11. The van der Waals surface area contributed by atoms with Gasteiger partial charge in [-0.2, -0.15) is 0 Å². The zero-order valence-corrected chi connectivity index (χ0v) is 34.1. The third-order valence-electron chi connectivity index (χ3n) is 12.8. The predicted molar refractivity (Wildman–Crippen MR) is 259 cm³/mol. The molecule has 0 aliphatic rings. The van der Waals surface area contributed by atoms with Crippen LogP contribution in [0.25, 0.3) is 127 Å². The number of nitrogens with zero attached hydrogens (tertiary/aromatic N) is 7. The number of aromatic nitrogens is 7. The van der Waals surface area contributed by atoms with Crippen LogP contribution in [0, 0.1) is 0 Å². The Kier molecular flexibility index (Phi) is 7.23.